The normalized spacial score (nSPS) is 11.2. The fraction of sp³-hybridized carbons (Fsp3) is 0.154. The SMILES string of the molecule is COc1cccc(S(=O)(=O)Cc2ccc(C(=O)O)o2)c1. The molecule has 0 amide bonds. The Morgan fingerprint density at radius 1 is 1.30 bits per heavy atom. The summed E-state index contributed by atoms with van der Waals surface area (Å²) in [7, 11) is -2.18. The summed E-state index contributed by atoms with van der Waals surface area (Å²) in [6.45, 7) is 0. The number of ether oxygens (including phenoxy) is 1. The summed E-state index contributed by atoms with van der Waals surface area (Å²) in [5.74, 6) is -1.44. The first-order valence-corrected chi connectivity index (χ1v) is 7.26. The van der Waals surface area contributed by atoms with E-state index in [1.807, 2.05) is 0 Å². The van der Waals surface area contributed by atoms with Crippen molar-refractivity contribution in [2.45, 2.75) is 10.6 Å². The number of sulfone groups is 1. The van der Waals surface area contributed by atoms with Crippen LogP contribution >= 0.6 is 0 Å². The molecule has 106 valence electrons. The van der Waals surface area contributed by atoms with E-state index in [4.69, 9.17) is 14.3 Å². The van der Waals surface area contributed by atoms with Gasteiger partial charge in [0.25, 0.3) is 0 Å². The topological polar surface area (TPSA) is 93.8 Å². The lowest BCUT2D eigenvalue weighted by Gasteiger charge is -2.05. The number of furan rings is 1. The van der Waals surface area contributed by atoms with Gasteiger partial charge in [-0.05, 0) is 30.3 Å². The first kappa shape index (κ1) is 14.1. The molecule has 0 aliphatic heterocycles. The molecule has 0 fully saturated rings. The molecule has 0 unspecified atom stereocenters. The van der Waals surface area contributed by atoms with Gasteiger partial charge < -0.3 is 14.3 Å². The van der Waals surface area contributed by atoms with E-state index in [0.717, 1.165) is 0 Å². The number of carboxylic acids is 1. The van der Waals surface area contributed by atoms with E-state index < -0.39 is 21.6 Å². The molecule has 2 aromatic rings. The van der Waals surface area contributed by atoms with Crippen LogP contribution in [0.15, 0.2) is 45.7 Å². The van der Waals surface area contributed by atoms with E-state index in [0.29, 0.717) is 5.75 Å². The van der Waals surface area contributed by atoms with Crippen LogP contribution in [0.2, 0.25) is 0 Å². The number of carboxylic acid groups (broad SMARTS) is 1. The van der Waals surface area contributed by atoms with Gasteiger partial charge in [0.2, 0.25) is 5.76 Å². The second kappa shape index (κ2) is 5.38. The van der Waals surface area contributed by atoms with Crippen LogP contribution in [0.3, 0.4) is 0 Å². The van der Waals surface area contributed by atoms with Crippen molar-refractivity contribution in [1.82, 2.24) is 0 Å². The van der Waals surface area contributed by atoms with Crippen LogP contribution in [0.5, 0.6) is 5.75 Å². The van der Waals surface area contributed by atoms with Crippen molar-refractivity contribution in [3.63, 3.8) is 0 Å². The molecule has 0 atom stereocenters. The molecule has 0 radical (unpaired) electrons. The lowest BCUT2D eigenvalue weighted by Crippen LogP contribution is -2.04. The first-order valence-electron chi connectivity index (χ1n) is 5.61. The van der Waals surface area contributed by atoms with Crippen molar-refractivity contribution >= 4 is 15.8 Å². The van der Waals surface area contributed by atoms with Gasteiger partial charge in [-0.25, -0.2) is 13.2 Å². The lowest BCUT2D eigenvalue weighted by molar-refractivity contribution is 0.0660. The second-order valence-electron chi connectivity index (χ2n) is 4.01. The Balaban J connectivity index is 2.27. The Hall–Kier alpha value is -2.28. The van der Waals surface area contributed by atoms with Crippen molar-refractivity contribution in [1.29, 1.82) is 0 Å². The summed E-state index contributed by atoms with van der Waals surface area (Å²) in [5.41, 5.74) is 0. The Kier molecular flexibility index (Phi) is 3.80. The highest BCUT2D eigenvalue weighted by Gasteiger charge is 2.19. The highest BCUT2D eigenvalue weighted by atomic mass is 32.2. The minimum absolute atomic E-state index is 0.0743. The number of methoxy groups -OCH3 is 1. The Morgan fingerprint density at radius 3 is 2.65 bits per heavy atom. The molecule has 7 heteroatoms. The third-order valence-electron chi connectivity index (χ3n) is 2.61. The molecule has 1 N–H and O–H groups in total. The third-order valence-corrected chi connectivity index (χ3v) is 4.24. The zero-order valence-electron chi connectivity index (χ0n) is 10.6. The summed E-state index contributed by atoms with van der Waals surface area (Å²) in [4.78, 5) is 10.8. The smallest absolute Gasteiger partial charge is 0.371 e. The van der Waals surface area contributed by atoms with Crippen LogP contribution in [0.4, 0.5) is 0 Å². The molecular weight excluding hydrogens is 284 g/mol. The standard InChI is InChI=1S/C13H12O6S/c1-18-9-3-2-4-11(7-9)20(16,17)8-10-5-6-12(19-10)13(14)15/h2-7H,8H2,1H3,(H,14,15). The molecule has 0 bridgehead atoms. The molecule has 0 saturated heterocycles. The van der Waals surface area contributed by atoms with Gasteiger partial charge in [-0.3, -0.25) is 0 Å². The van der Waals surface area contributed by atoms with Gasteiger partial charge in [-0.1, -0.05) is 6.07 Å². The van der Waals surface area contributed by atoms with Crippen molar-refractivity contribution in [2.24, 2.45) is 0 Å². The first-order chi connectivity index (χ1) is 9.42. The van der Waals surface area contributed by atoms with Gasteiger partial charge in [0.1, 0.15) is 17.3 Å². The Bertz CT molecular complexity index is 729. The van der Waals surface area contributed by atoms with E-state index in [1.165, 1.54) is 31.4 Å². The molecule has 1 heterocycles. The maximum Gasteiger partial charge on any atom is 0.371 e. The molecule has 0 spiro atoms. The average molecular weight is 296 g/mol. The predicted octanol–water partition coefficient (Wildman–Crippen LogP) is 1.96. The second-order valence-corrected chi connectivity index (χ2v) is 6.00. The molecule has 0 aliphatic carbocycles. The molecule has 6 nitrogen and oxygen atoms in total. The van der Waals surface area contributed by atoms with Crippen LogP contribution < -0.4 is 4.74 Å². The average Bonchev–Trinajstić information content (AvgIpc) is 2.87. The summed E-state index contributed by atoms with van der Waals surface area (Å²) >= 11 is 0. The number of hydrogen-bond donors (Lipinski definition) is 1. The number of benzene rings is 1. The fourth-order valence-corrected chi connectivity index (χ4v) is 2.91. The summed E-state index contributed by atoms with van der Waals surface area (Å²) in [5, 5.41) is 8.72. The van der Waals surface area contributed by atoms with E-state index >= 15 is 0 Å². The van der Waals surface area contributed by atoms with Crippen molar-refractivity contribution in [2.75, 3.05) is 7.11 Å². The van der Waals surface area contributed by atoms with Crippen LogP contribution in [-0.4, -0.2) is 26.6 Å². The molecule has 0 aliphatic rings. The monoisotopic (exact) mass is 296 g/mol. The summed E-state index contributed by atoms with van der Waals surface area (Å²) in [6, 6.07) is 8.60. The van der Waals surface area contributed by atoms with Gasteiger partial charge in [-0.15, -0.1) is 0 Å². The quantitative estimate of drug-likeness (QED) is 0.906. The number of rotatable bonds is 5. The highest BCUT2D eigenvalue weighted by molar-refractivity contribution is 7.90. The minimum atomic E-state index is -3.62. The van der Waals surface area contributed by atoms with Crippen molar-refractivity contribution in [3.05, 3.63) is 47.9 Å². The molecule has 1 aromatic heterocycles. The van der Waals surface area contributed by atoms with Gasteiger partial charge >= 0.3 is 5.97 Å². The Morgan fingerprint density at radius 2 is 2.05 bits per heavy atom. The molecule has 2 rings (SSSR count). The third kappa shape index (κ3) is 3.00. The van der Waals surface area contributed by atoms with Gasteiger partial charge in [0, 0.05) is 0 Å². The number of aromatic carboxylic acids is 1. The van der Waals surface area contributed by atoms with E-state index in [9.17, 15) is 13.2 Å². The fourth-order valence-electron chi connectivity index (χ4n) is 1.64. The van der Waals surface area contributed by atoms with Crippen molar-refractivity contribution < 1.29 is 27.5 Å². The van der Waals surface area contributed by atoms with Gasteiger partial charge in [-0.2, -0.15) is 0 Å². The van der Waals surface area contributed by atoms with Crippen LogP contribution in [0.1, 0.15) is 16.3 Å². The predicted molar refractivity (Wildman–Crippen MR) is 69.6 cm³/mol. The number of carbonyl (C=O) groups is 1. The number of hydrogen-bond acceptors (Lipinski definition) is 5. The maximum absolute atomic E-state index is 12.2. The largest absolute Gasteiger partial charge is 0.497 e. The Labute approximate surface area is 115 Å². The van der Waals surface area contributed by atoms with E-state index in [1.54, 1.807) is 12.1 Å². The summed E-state index contributed by atoms with van der Waals surface area (Å²) < 4.78 is 34.3. The molecule has 20 heavy (non-hydrogen) atoms. The van der Waals surface area contributed by atoms with E-state index in [2.05, 4.69) is 0 Å². The van der Waals surface area contributed by atoms with Crippen LogP contribution in [0.25, 0.3) is 0 Å². The zero-order valence-corrected chi connectivity index (χ0v) is 11.4. The zero-order chi connectivity index (χ0) is 14.8. The van der Waals surface area contributed by atoms with Gasteiger partial charge in [0.15, 0.2) is 9.84 Å². The van der Waals surface area contributed by atoms with Gasteiger partial charge in [0.05, 0.1) is 12.0 Å². The van der Waals surface area contributed by atoms with E-state index in [-0.39, 0.29) is 16.4 Å². The maximum atomic E-state index is 12.2. The van der Waals surface area contributed by atoms with Crippen LogP contribution in [-0.2, 0) is 15.6 Å². The lowest BCUT2D eigenvalue weighted by atomic mass is 10.3. The van der Waals surface area contributed by atoms with Crippen molar-refractivity contribution in [3.8, 4) is 5.75 Å². The summed E-state index contributed by atoms with van der Waals surface area (Å²) in [6.07, 6.45) is 0. The minimum Gasteiger partial charge on any atom is -0.497 e. The van der Waals surface area contributed by atoms with Crippen LogP contribution in [0, 0.1) is 0 Å². The molecular formula is C13H12O6S. The highest BCUT2D eigenvalue weighted by Crippen LogP contribution is 2.22. The molecule has 0 saturated carbocycles. The molecule has 1 aromatic carbocycles.